The Morgan fingerprint density at radius 3 is 1.39 bits per heavy atom. The van der Waals surface area contributed by atoms with Crippen molar-refractivity contribution in [2.24, 2.45) is 11.8 Å². The van der Waals surface area contributed by atoms with Crippen LogP contribution in [0.2, 0.25) is 0 Å². The van der Waals surface area contributed by atoms with Gasteiger partial charge in [0.1, 0.15) is 5.78 Å². The fourth-order valence-corrected chi connectivity index (χ4v) is 6.22. The van der Waals surface area contributed by atoms with E-state index >= 15 is 0 Å². The van der Waals surface area contributed by atoms with Crippen molar-refractivity contribution in [3.05, 3.63) is 144 Å². The van der Waals surface area contributed by atoms with Crippen LogP contribution in [0.3, 0.4) is 0 Å². The van der Waals surface area contributed by atoms with Gasteiger partial charge in [-0.05, 0) is 63.3 Å². The standard InChI is InChI=1S/C35H30O/c36-30-24-14-13-23-29-31(25-15-5-1-6-16-25)32(26-17-7-2-8-18-26)33(27-19-9-3-10-20-27)34(35(29)30)28-21-11-4-12-22-28/h1-12,15-22,29,35H,13-14,23-24H2. The Bertz CT molecular complexity index is 1410. The number of ketones is 1. The molecule has 4 aromatic carbocycles. The third-order valence-corrected chi connectivity index (χ3v) is 7.70. The van der Waals surface area contributed by atoms with E-state index in [1.165, 1.54) is 39.0 Å². The number of Topliss-reactive ketones (excluding diaryl/α,β-unsaturated/α-hetero) is 1. The zero-order chi connectivity index (χ0) is 24.3. The second kappa shape index (κ2) is 9.95. The number of hydrogen-bond acceptors (Lipinski definition) is 1. The molecule has 1 fully saturated rings. The Morgan fingerprint density at radius 2 is 0.889 bits per heavy atom. The van der Waals surface area contributed by atoms with Crippen LogP contribution in [0.25, 0.3) is 22.3 Å². The summed E-state index contributed by atoms with van der Waals surface area (Å²) < 4.78 is 0. The highest BCUT2D eigenvalue weighted by Crippen LogP contribution is 2.56. The SMILES string of the molecule is O=C1CCCCC2C(c3ccccc3)=C(c3ccccc3)C(c3ccccc3)=C(c3ccccc3)C12. The maximum absolute atomic E-state index is 14.0. The van der Waals surface area contributed by atoms with Gasteiger partial charge in [-0.2, -0.15) is 0 Å². The van der Waals surface area contributed by atoms with E-state index in [2.05, 4.69) is 121 Å². The highest BCUT2D eigenvalue weighted by molar-refractivity contribution is 6.26. The maximum atomic E-state index is 14.0. The van der Waals surface area contributed by atoms with Crippen LogP contribution in [0, 0.1) is 11.8 Å². The minimum absolute atomic E-state index is 0.146. The number of rotatable bonds is 4. The van der Waals surface area contributed by atoms with Crippen LogP contribution in [-0.2, 0) is 4.79 Å². The van der Waals surface area contributed by atoms with Gasteiger partial charge in [-0.25, -0.2) is 0 Å². The van der Waals surface area contributed by atoms with E-state index in [1.54, 1.807) is 0 Å². The van der Waals surface area contributed by atoms with Crippen molar-refractivity contribution in [2.75, 3.05) is 0 Å². The molecule has 2 unspecified atom stereocenters. The van der Waals surface area contributed by atoms with Crippen molar-refractivity contribution in [1.29, 1.82) is 0 Å². The summed E-state index contributed by atoms with van der Waals surface area (Å²) in [6.07, 6.45) is 3.73. The van der Waals surface area contributed by atoms with Gasteiger partial charge in [0.2, 0.25) is 0 Å². The van der Waals surface area contributed by atoms with Crippen molar-refractivity contribution in [3.8, 4) is 0 Å². The average Bonchev–Trinajstić information content (AvgIpc) is 3.15. The monoisotopic (exact) mass is 466 g/mol. The van der Waals surface area contributed by atoms with Gasteiger partial charge in [0, 0.05) is 6.42 Å². The van der Waals surface area contributed by atoms with Gasteiger partial charge >= 0.3 is 0 Å². The second-order valence-electron chi connectivity index (χ2n) is 9.84. The molecule has 2 atom stereocenters. The first kappa shape index (κ1) is 22.5. The summed E-state index contributed by atoms with van der Waals surface area (Å²) in [5, 5.41) is 0. The molecule has 2 aliphatic carbocycles. The van der Waals surface area contributed by atoms with Crippen LogP contribution in [0.5, 0.6) is 0 Å². The van der Waals surface area contributed by atoms with E-state index < -0.39 is 0 Å². The third kappa shape index (κ3) is 4.05. The molecular formula is C35H30O. The van der Waals surface area contributed by atoms with Gasteiger partial charge < -0.3 is 0 Å². The van der Waals surface area contributed by atoms with Crippen LogP contribution in [0.1, 0.15) is 47.9 Å². The summed E-state index contributed by atoms with van der Waals surface area (Å²) in [4.78, 5) is 14.0. The molecule has 0 amide bonds. The van der Waals surface area contributed by atoms with Gasteiger partial charge in [-0.1, -0.05) is 128 Å². The third-order valence-electron chi connectivity index (χ3n) is 7.70. The smallest absolute Gasteiger partial charge is 0.140 e. The lowest BCUT2D eigenvalue weighted by Crippen LogP contribution is -2.29. The second-order valence-corrected chi connectivity index (χ2v) is 9.84. The first-order valence-corrected chi connectivity index (χ1v) is 13.1. The fourth-order valence-electron chi connectivity index (χ4n) is 6.22. The molecule has 1 heteroatoms. The number of allylic oxidation sites excluding steroid dienone is 4. The minimum atomic E-state index is -0.146. The van der Waals surface area contributed by atoms with E-state index in [0.29, 0.717) is 12.2 Å². The van der Waals surface area contributed by atoms with Gasteiger partial charge in [-0.3, -0.25) is 4.79 Å². The van der Waals surface area contributed by atoms with Gasteiger partial charge in [0.15, 0.2) is 0 Å². The molecule has 0 aliphatic heterocycles. The molecule has 2 aliphatic rings. The van der Waals surface area contributed by atoms with Gasteiger partial charge in [0.05, 0.1) is 5.92 Å². The molecular weight excluding hydrogens is 436 g/mol. The molecule has 4 aromatic rings. The van der Waals surface area contributed by atoms with Crippen LogP contribution >= 0.6 is 0 Å². The van der Waals surface area contributed by atoms with Crippen molar-refractivity contribution in [1.82, 2.24) is 0 Å². The number of hydrogen-bond donors (Lipinski definition) is 0. The molecule has 1 nitrogen and oxygen atoms in total. The molecule has 0 N–H and O–H groups in total. The molecule has 176 valence electrons. The first-order chi connectivity index (χ1) is 17.8. The van der Waals surface area contributed by atoms with Crippen molar-refractivity contribution >= 4 is 28.1 Å². The molecule has 0 aromatic heterocycles. The molecule has 1 saturated carbocycles. The fraction of sp³-hybridized carbons (Fsp3) is 0.171. The largest absolute Gasteiger partial charge is 0.299 e. The Balaban J connectivity index is 1.79. The van der Waals surface area contributed by atoms with E-state index in [9.17, 15) is 4.79 Å². The zero-order valence-corrected chi connectivity index (χ0v) is 20.4. The lowest BCUT2D eigenvalue weighted by Gasteiger charge is -2.39. The van der Waals surface area contributed by atoms with Crippen molar-refractivity contribution in [2.45, 2.75) is 25.7 Å². The van der Waals surface area contributed by atoms with E-state index in [0.717, 1.165) is 24.8 Å². The molecule has 0 radical (unpaired) electrons. The topological polar surface area (TPSA) is 17.1 Å². The Morgan fingerprint density at radius 1 is 0.472 bits per heavy atom. The minimum Gasteiger partial charge on any atom is -0.299 e. The van der Waals surface area contributed by atoms with Crippen molar-refractivity contribution in [3.63, 3.8) is 0 Å². The molecule has 0 bridgehead atoms. The zero-order valence-electron chi connectivity index (χ0n) is 20.4. The summed E-state index contributed by atoms with van der Waals surface area (Å²) in [5.41, 5.74) is 9.73. The van der Waals surface area contributed by atoms with Gasteiger partial charge in [0.25, 0.3) is 0 Å². The van der Waals surface area contributed by atoms with Gasteiger partial charge in [-0.15, -0.1) is 0 Å². The summed E-state index contributed by atoms with van der Waals surface area (Å²) in [5.74, 6) is 0.387. The Kier molecular flexibility index (Phi) is 6.22. The predicted octanol–water partition coefficient (Wildman–Crippen LogP) is 8.60. The molecule has 0 spiro atoms. The summed E-state index contributed by atoms with van der Waals surface area (Å²) in [6, 6.07) is 42.9. The molecule has 0 heterocycles. The molecule has 6 rings (SSSR count). The van der Waals surface area contributed by atoms with E-state index in [1.807, 2.05) is 0 Å². The number of fused-ring (bicyclic) bond motifs is 1. The summed E-state index contributed by atoms with van der Waals surface area (Å²) >= 11 is 0. The van der Waals surface area contributed by atoms with Crippen molar-refractivity contribution < 1.29 is 4.79 Å². The lowest BCUT2D eigenvalue weighted by atomic mass is 9.63. The first-order valence-electron chi connectivity index (χ1n) is 13.1. The number of carbonyl (C=O) groups is 1. The number of carbonyl (C=O) groups excluding carboxylic acids is 1. The van der Waals surface area contributed by atoms with Crippen LogP contribution in [0.15, 0.2) is 121 Å². The van der Waals surface area contributed by atoms with Crippen LogP contribution in [0.4, 0.5) is 0 Å². The average molecular weight is 467 g/mol. The Labute approximate surface area is 213 Å². The molecule has 0 saturated heterocycles. The highest BCUT2D eigenvalue weighted by atomic mass is 16.1. The quantitative estimate of drug-likeness (QED) is 0.294. The van der Waals surface area contributed by atoms with E-state index in [-0.39, 0.29) is 11.8 Å². The lowest BCUT2D eigenvalue weighted by molar-refractivity contribution is -0.121. The number of benzene rings is 4. The summed E-state index contributed by atoms with van der Waals surface area (Å²) in [6.45, 7) is 0. The summed E-state index contributed by atoms with van der Waals surface area (Å²) in [7, 11) is 0. The molecule has 36 heavy (non-hydrogen) atoms. The highest BCUT2D eigenvalue weighted by Gasteiger charge is 2.43. The normalized spacial score (nSPS) is 20.2. The maximum Gasteiger partial charge on any atom is 0.140 e. The van der Waals surface area contributed by atoms with Crippen LogP contribution < -0.4 is 0 Å². The predicted molar refractivity (Wildman–Crippen MR) is 150 cm³/mol. The van der Waals surface area contributed by atoms with Crippen LogP contribution in [-0.4, -0.2) is 5.78 Å². The van der Waals surface area contributed by atoms with E-state index in [4.69, 9.17) is 0 Å². The Hall–Kier alpha value is -3.97.